The smallest absolute Gasteiger partial charge is 1.00 e. The van der Waals surface area contributed by atoms with E-state index in [-0.39, 0.29) is 51.0 Å². The van der Waals surface area contributed by atoms with Gasteiger partial charge in [-0.15, -0.1) is 0 Å². The Morgan fingerprint density at radius 1 is 0.680 bits per heavy atom. The van der Waals surface area contributed by atoms with Crippen LogP contribution >= 0.6 is 0 Å². The van der Waals surface area contributed by atoms with Crippen molar-refractivity contribution in [1.29, 1.82) is 0 Å². The summed E-state index contributed by atoms with van der Waals surface area (Å²) >= 11 is 0. The molecule has 2 aliphatic heterocycles. The average Bonchev–Trinajstić information content (AvgIpc) is 3.18. The van der Waals surface area contributed by atoms with Crippen LogP contribution in [0.2, 0.25) is 0 Å². The van der Waals surface area contributed by atoms with Crippen LogP contribution < -0.4 is 24.8 Å². The first-order valence-corrected chi connectivity index (χ1v) is 7.92. The van der Waals surface area contributed by atoms with Gasteiger partial charge in [-0.05, 0) is 36.1 Å². The van der Waals surface area contributed by atoms with E-state index in [4.69, 9.17) is 0 Å². The number of rotatable bonds is 2. The second kappa shape index (κ2) is 10.4. The van der Waals surface area contributed by atoms with Gasteiger partial charge in [-0.1, -0.05) is 52.0 Å². The summed E-state index contributed by atoms with van der Waals surface area (Å²) in [5, 5.41) is 0. The number of nitrogens with zero attached hydrogens (tertiary/aromatic N) is 2. The number of fused-ring (bicyclic) bond motifs is 2. The monoisotopic (exact) mass is 450 g/mol. The minimum atomic E-state index is 0. The topological polar surface area (TPSA) is 24.7 Å². The van der Waals surface area contributed by atoms with Gasteiger partial charge in [-0.25, -0.2) is 0 Å². The van der Waals surface area contributed by atoms with Crippen molar-refractivity contribution in [2.45, 2.75) is 27.7 Å². The van der Waals surface area contributed by atoms with Gasteiger partial charge >= 0.3 is 26.2 Å². The first-order chi connectivity index (χ1) is 10.5. The Morgan fingerprint density at radius 3 is 1.32 bits per heavy atom. The number of halogens is 2. The SMILES string of the molecule is CC(C)C1=NC2=CC=CC2=C1.CC(C)C1=NC2=CC=CC2=C1.[Cl-].[Cl-].[Zr+2]. The Kier molecular flexibility index (Phi) is 10.1. The van der Waals surface area contributed by atoms with E-state index < -0.39 is 0 Å². The van der Waals surface area contributed by atoms with Crippen molar-refractivity contribution in [3.05, 3.63) is 71.1 Å². The fourth-order valence-electron chi connectivity index (χ4n) is 2.55. The van der Waals surface area contributed by atoms with E-state index in [1.807, 2.05) is 12.2 Å². The molecule has 0 N–H and O–H groups in total. The van der Waals surface area contributed by atoms with Crippen molar-refractivity contribution in [3.8, 4) is 0 Å². The standard InChI is InChI=1S/2C10H11N.2ClH.Zr/c2*1-7(2)10-6-8-4-3-5-9(8)11-10;;;/h2*3-7H,1-2H3;2*1H;/q;;;;+2/p-2. The molecule has 0 aromatic rings. The molecule has 0 aromatic heterocycles. The summed E-state index contributed by atoms with van der Waals surface area (Å²) in [4.78, 5) is 8.94. The number of hydrogen-bond donors (Lipinski definition) is 0. The van der Waals surface area contributed by atoms with Crippen LogP contribution in [0.5, 0.6) is 0 Å². The Hall–Kier alpha value is -0.757. The van der Waals surface area contributed by atoms with Gasteiger partial charge < -0.3 is 24.8 Å². The summed E-state index contributed by atoms with van der Waals surface area (Å²) < 4.78 is 0. The Labute approximate surface area is 182 Å². The number of allylic oxidation sites excluding steroid dienone is 8. The molecule has 4 aliphatic rings. The molecule has 130 valence electrons. The van der Waals surface area contributed by atoms with E-state index in [2.05, 4.69) is 74.1 Å². The van der Waals surface area contributed by atoms with E-state index in [0.717, 1.165) is 11.4 Å². The summed E-state index contributed by atoms with van der Waals surface area (Å²) in [5.74, 6) is 1.09. The zero-order valence-electron chi connectivity index (χ0n) is 14.9. The van der Waals surface area contributed by atoms with Crippen molar-refractivity contribution < 1.29 is 51.0 Å². The summed E-state index contributed by atoms with van der Waals surface area (Å²) in [6.45, 7) is 8.67. The minimum Gasteiger partial charge on any atom is -1.00 e. The normalized spacial score (nSPS) is 17.7. The molecule has 5 heteroatoms. The average molecular weight is 453 g/mol. The molecule has 4 rings (SSSR count). The maximum Gasteiger partial charge on any atom is 2.00 e. The second-order valence-electron chi connectivity index (χ2n) is 6.40. The van der Waals surface area contributed by atoms with Gasteiger partial charge in [-0.3, -0.25) is 9.98 Å². The van der Waals surface area contributed by atoms with Gasteiger partial charge in [-0.2, -0.15) is 0 Å². The zero-order chi connectivity index (χ0) is 15.7. The van der Waals surface area contributed by atoms with Crippen LogP contribution in [0.1, 0.15) is 27.7 Å². The molecule has 0 fully saturated rings. The molecular weight excluding hydrogens is 430 g/mol. The molecular formula is C20H22Cl2N2Zr. The maximum absolute atomic E-state index is 4.47. The zero-order valence-corrected chi connectivity index (χ0v) is 18.9. The third-order valence-electron chi connectivity index (χ3n) is 3.94. The first kappa shape index (κ1) is 24.2. The van der Waals surface area contributed by atoms with Crippen LogP contribution in [0.25, 0.3) is 0 Å². The Balaban J connectivity index is 0.000000411. The Morgan fingerprint density at radius 2 is 1.04 bits per heavy atom. The van der Waals surface area contributed by atoms with Crippen molar-refractivity contribution in [2.75, 3.05) is 0 Å². The van der Waals surface area contributed by atoms with Crippen LogP contribution in [0.3, 0.4) is 0 Å². The van der Waals surface area contributed by atoms with E-state index in [9.17, 15) is 0 Å². The molecule has 0 atom stereocenters. The molecule has 2 nitrogen and oxygen atoms in total. The predicted octanol–water partition coefficient (Wildman–Crippen LogP) is -1.04. The number of hydrogen-bond acceptors (Lipinski definition) is 2. The summed E-state index contributed by atoms with van der Waals surface area (Å²) in [5.41, 5.74) is 7.22. The van der Waals surface area contributed by atoms with Gasteiger partial charge in [0.2, 0.25) is 0 Å². The third kappa shape index (κ3) is 5.61. The molecule has 2 heterocycles. The Bertz CT molecular complexity index is 682. The maximum atomic E-state index is 4.47. The van der Waals surface area contributed by atoms with Gasteiger partial charge in [0, 0.05) is 22.6 Å². The minimum absolute atomic E-state index is 0. The fourth-order valence-corrected chi connectivity index (χ4v) is 2.55. The van der Waals surface area contributed by atoms with Gasteiger partial charge in [0.1, 0.15) is 0 Å². The quantitative estimate of drug-likeness (QED) is 0.512. The largest absolute Gasteiger partial charge is 2.00 e. The van der Waals surface area contributed by atoms with Crippen molar-refractivity contribution >= 4 is 11.4 Å². The van der Waals surface area contributed by atoms with E-state index >= 15 is 0 Å². The van der Waals surface area contributed by atoms with Crippen LogP contribution in [0.15, 0.2) is 81.1 Å². The molecule has 0 spiro atoms. The van der Waals surface area contributed by atoms with Crippen LogP contribution in [-0.4, -0.2) is 11.4 Å². The van der Waals surface area contributed by atoms with Crippen LogP contribution in [0, 0.1) is 11.8 Å². The molecule has 0 unspecified atom stereocenters. The second-order valence-corrected chi connectivity index (χ2v) is 6.40. The molecule has 0 aromatic carbocycles. The van der Waals surface area contributed by atoms with Crippen molar-refractivity contribution in [1.82, 2.24) is 0 Å². The van der Waals surface area contributed by atoms with E-state index in [1.54, 1.807) is 0 Å². The van der Waals surface area contributed by atoms with Crippen molar-refractivity contribution in [3.63, 3.8) is 0 Å². The van der Waals surface area contributed by atoms with Gasteiger partial charge in [0.15, 0.2) is 0 Å². The molecule has 0 radical (unpaired) electrons. The first-order valence-electron chi connectivity index (χ1n) is 7.92. The predicted molar refractivity (Wildman–Crippen MR) is 95.2 cm³/mol. The molecule has 0 amide bonds. The van der Waals surface area contributed by atoms with Gasteiger partial charge in [0.25, 0.3) is 0 Å². The number of aliphatic imine (C=N–C) groups is 2. The molecule has 25 heavy (non-hydrogen) atoms. The fraction of sp³-hybridized carbons (Fsp3) is 0.300. The molecule has 2 aliphatic carbocycles. The van der Waals surface area contributed by atoms with Crippen LogP contribution in [0.4, 0.5) is 0 Å². The molecule has 0 saturated heterocycles. The third-order valence-corrected chi connectivity index (χ3v) is 3.94. The van der Waals surface area contributed by atoms with E-state index in [1.165, 1.54) is 22.6 Å². The van der Waals surface area contributed by atoms with Gasteiger partial charge in [0.05, 0.1) is 11.4 Å². The summed E-state index contributed by atoms with van der Waals surface area (Å²) in [6.07, 6.45) is 16.7. The van der Waals surface area contributed by atoms with Crippen molar-refractivity contribution in [2.24, 2.45) is 21.8 Å². The molecule has 0 saturated carbocycles. The molecule has 0 bridgehead atoms. The summed E-state index contributed by atoms with van der Waals surface area (Å²) in [7, 11) is 0. The van der Waals surface area contributed by atoms with Crippen LogP contribution in [-0.2, 0) is 26.2 Å². The summed E-state index contributed by atoms with van der Waals surface area (Å²) in [6, 6.07) is 0. The van der Waals surface area contributed by atoms with E-state index in [0.29, 0.717) is 11.8 Å².